The average Bonchev–Trinajstić information content (AvgIpc) is 2.43. The largest absolute Gasteiger partial charge is 0.444 e. The highest BCUT2D eigenvalue weighted by molar-refractivity contribution is 8.13. The number of thioether (sulfide) groups is 1. The first-order chi connectivity index (χ1) is 10.8. The maximum atomic E-state index is 11.6. The second-order valence-electron chi connectivity index (χ2n) is 6.13. The summed E-state index contributed by atoms with van der Waals surface area (Å²) in [6.07, 6.45) is 4.51. The molecule has 23 heavy (non-hydrogen) atoms. The molecule has 0 atom stereocenters. The lowest BCUT2D eigenvalue weighted by atomic mass is 10.1. The third kappa shape index (κ3) is 9.79. The first-order valence-electron chi connectivity index (χ1n) is 7.62. The third-order valence-corrected chi connectivity index (χ3v) is 3.53. The third-order valence-electron chi connectivity index (χ3n) is 2.69. The molecular formula is C18H25NO3S. The molecule has 1 amide bonds. The van der Waals surface area contributed by atoms with Gasteiger partial charge in [0, 0.05) is 19.2 Å². The molecule has 0 spiro atoms. The molecule has 0 fully saturated rings. The van der Waals surface area contributed by atoms with E-state index in [0.717, 1.165) is 23.3 Å². The Morgan fingerprint density at radius 3 is 2.70 bits per heavy atom. The molecule has 0 radical (unpaired) electrons. The minimum atomic E-state index is -0.493. The number of amides is 1. The number of rotatable bonds is 6. The Bertz CT molecular complexity index is 562. The van der Waals surface area contributed by atoms with Gasteiger partial charge in [0.15, 0.2) is 5.12 Å². The molecule has 0 aliphatic carbocycles. The number of ether oxygens (including phenoxy) is 1. The molecular weight excluding hydrogens is 310 g/mol. The van der Waals surface area contributed by atoms with Gasteiger partial charge in [-0.3, -0.25) is 4.79 Å². The van der Waals surface area contributed by atoms with E-state index < -0.39 is 11.7 Å². The summed E-state index contributed by atoms with van der Waals surface area (Å²) in [5, 5.41) is 2.89. The van der Waals surface area contributed by atoms with Crippen LogP contribution in [0.25, 0.3) is 6.08 Å². The van der Waals surface area contributed by atoms with Crippen molar-refractivity contribution >= 4 is 29.0 Å². The summed E-state index contributed by atoms with van der Waals surface area (Å²) in [7, 11) is 0. The van der Waals surface area contributed by atoms with Gasteiger partial charge in [-0.05, 0) is 44.4 Å². The highest BCUT2D eigenvalue weighted by Crippen LogP contribution is 2.10. The van der Waals surface area contributed by atoms with E-state index in [0.29, 0.717) is 6.54 Å². The first-order valence-corrected chi connectivity index (χ1v) is 8.60. The van der Waals surface area contributed by atoms with E-state index in [2.05, 4.69) is 11.4 Å². The highest BCUT2D eigenvalue weighted by Gasteiger charge is 2.15. The zero-order valence-electron chi connectivity index (χ0n) is 14.2. The van der Waals surface area contributed by atoms with Crippen LogP contribution in [0.3, 0.4) is 0 Å². The minimum absolute atomic E-state index is 0.147. The van der Waals surface area contributed by atoms with Crippen molar-refractivity contribution in [1.29, 1.82) is 0 Å². The Morgan fingerprint density at radius 1 is 1.30 bits per heavy atom. The standard InChI is InChI=1S/C18H25NO3S/c1-14(20)23-11-6-5-8-15-9-7-10-16(12-15)13-19-17(21)22-18(2,3)4/h5,7-10,12H,6,11,13H2,1-4H3,(H,19,21). The van der Waals surface area contributed by atoms with Crippen molar-refractivity contribution < 1.29 is 14.3 Å². The summed E-state index contributed by atoms with van der Waals surface area (Å²) in [6, 6.07) is 7.94. The SMILES string of the molecule is CC(=O)SCCC=Cc1cccc(CNC(=O)OC(C)(C)C)c1. The Balaban J connectivity index is 2.45. The quantitative estimate of drug-likeness (QED) is 0.783. The van der Waals surface area contributed by atoms with Gasteiger partial charge < -0.3 is 10.1 Å². The molecule has 1 N–H and O–H groups in total. The summed E-state index contributed by atoms with van der Waals surface area (Å²) in [5.41, 5.74) is 1.59. The highest BCUT2D eigenvalue weighted by atomic mass is 32.2. The van der Waals surface area contributed by atoms with E-state index in [1.165, 1.54) is 11.8 Å². The van der Waals surface area contributed by atoms with Crippen molar-refractivity contribution in [3.8, 4) is 0 Å². The number of hydrogen-bond donors (Lipinski definition) is 1. The van der Waals surface area contributed by atoms with Crippen LogP contribution in [0.1, 0.15) is 45.2 Å². The molecule has 4 nitrogen and oxygen atoms in total. The first kappa shape index (κ1) is 19.3. The fourth-order valence-electron chi connectivity index (χ4n) is 1.79. The van der Waals surface area contributed by atoms with Crippen molar-refractivity contribution in [2.24, 2.45) is 0 Å². The summed E-state index contributed by atoms with van der Waals surface area (Å²) < 4.78 is 5.21. The fraction of sp³-hybridized carbons (Fsp3) is 0.444. The molecule has 1 rings (SSSR count). The summed E-state index contributed by atoms with van der Waals surface area (Å²) in [5.74, 6) is 0.797. The number of alkyl carbamates (subject to hydrolysis) is 1. The van der Waals surface area contributed by atoms with Gasteiger partial charge in [0.05, 0.1) is 0 Å². The topological polar surface area (TPSA) is 55.4 Å². The molecule has 5 heteroatoms. The predicted molar refractivity (Wildman–Crippen MR) is 96.3 cm³/mol. The maximum absolute atomic E-state index is 11.6. The Kier molecular flexibility index (Phi) is 7.89. The lowest BCUT2D eigenvalue weighted by Gasteiger charge is -2.19. The number of carbonyl (C=O) groups is 2. The van der Waals surface area contributed by atoms with E-state index in [1.54, 1.807) is 6.92 Å². The Morgan fingerprint density at radius 2 is 2.04 bits per heavy atom. The van der Waals surface area contributed by atoms with Crippen molar-refractivity contribution in [1.82, 2.24) is 5.32 Å². The molecule has 0 aliphatic heterocycles. The van der Waals surface area contributed by atoms with E-state index in [1.807, 2.05) is 51.1 Å². The van der Waals surface area contributed by atoms with E-state index in [-0.39, 0.29) is 5.12 Å². The number of allylic oxidation sites excluding steroid dienone is 1. The van der Waals surface area contributed by atoms with Crippen molar-refractivity contribution in [3.63, 3.8) is 0 Å². The van der Waals surface area contributed by atoms with Crippen molar-refractivity contribution in [2.75, 3.05) is 5.75 Å². The van der Waals surface area contributed by atoms with Gasteiger partial charge in [0.2, 0.25) is 0 Å². The van der Waals surface area contributed by atoms with Crippen LogP contribution in [0, 0.1) is 0 Å². The molecule has 0 heterocycles. The molecule has 1 aromatic rings. The predicted octanol–water partition coefficient (Wildman–Crippen LogP) is 4.39. The molecule has 126 valence electrons. The monoisotopic (exact) mass is 335 g/mol. The van der Waals surface area contributed by atoms with E-state index in [4.69, 9.17) is 4.74 Å². The summed E-state index contributed by atoms with van der Waals surface area (Å²) in [4.78, 5) is 22.5. The average molecular weight is 335 g/mol. The van der Waals surface area contributed by atoms with Gasteiger partial charge in [-0.1, -0.05) is 42.1 Å². The summed E-state index contributed by atoms with van der Waals surface area (Å²) >= 11 is 1.33. The second-order valence-corrected chi connectivity index (χ2v) is 7.40. The number of carbonyl (C=O) groups excluding carboxylic acids is 2. The van der Waals surface area contributed by atoms with Crippen LogP contribution in [0.2, 0.25) is 0 Å². The minimum Gasteiger partial charge on any atom is -0.444 e. The molecule has 0 bridgehead atoms. The van der Waals surface area contributed by atoms with Crippen molar-refractivity contribution in [2.45, 2.75) is 46.3 Å². The van der Waals surface area contributed by atoms with E-state index in [9.17, 15) is 9.59 Å². The number of hydrogen-bond acceptors (Lipinski definition) is 4. The zero-order chi connectivity index (χ0) is 17.3. The fourth-order valence-corrected chi connectivity index (χ4v) is 2.33. The van der Waals surface area contributed by atoms with Crippen LogP contribution in [0.5, 0.6) is 0 Å². The molecule has 0 saturated heterocycles. The van der Waals surface area contributed by atoms with Crippen LogP contribution in [-0.4, -0.2) is 22.6 Å². The molecule has 1 aromatic carbocycles. The second kappa shape index (κ2) is 9.40. The lowest BCUT2D eigenvalue weighted by Crippen LogP contribution is -2.32. The number of nitrogens with one attached hydrogen (secondary N) is 1. The Hall–Kier alpha value is -1.75. The Labute approximate surface area is 142 Å². The summed E-state index contributed by atoms with van der Waals surface area (Å²) in [6.45, 7) is 7.51. The van der Waals surface area contributed by atoms with Gasteiger partial charge in [-0.2, -0.15) is 0 Å². The van der Waals surface area contributed by atoms with E-state index >= 15 is 0 Å². The van der Waals surface area contributed by atoms with Gasteiger partial charge in [0.25, 0.3) is 0 Å². The van der Waals surface area contributed by atoms with Gasteiger partial charge in [-0.25, -0.2) is 4.79 Å². The van der Waals surface area contributed by atoms with Crippen LogP contribution in [-0.2, 0) is 16.1 Å². The molecule has 0 unspecified atom stereocenters. The number of benzene rings is 1. The zero-order valence-corrected chi connectivity index (χ0v) is 15.0. The van der Waals surface area contributed by atoms with Crippen molar-refractivity contribution in [3.05, 3.63) is 41.5 Å². The van der Waals surface area contributed by atoms with Crippen LogP contribution in [0.15, 0.2) is 30.3 Å². The van der Waals surface area contributed by atoms with Gasteiger partial charge >= 0.3 is 6.09 Å². The smallest absolute Gasteiger partial charge is 0.407 e. The normalized spacial score (nSPS) is 11.5. The molecule has 0 aliphatic rings. The lowest BCUT2D eigenvalue weighted by molar-refractivity contribution is -0.109. The van der Waals surface area contributed by atoms with Crippen LogP contribution < -0.4 is 5.32 Å². The van der Waals surface area contributed by atoms with Gasteiger partial charge in [0.1, 0.15) is 5.60 Å². The van der Waals surface area contributed by atoms with Gasteiger partial charge in [-0.15, -0.1) is 0 Å². The molecule has 0 aromatic heterocycles. The molecule has 0 saturated carbocycles. The maximum Gasteiger partial charge on any atom is 0.407 e. The van der Waals surface area contributed by atoms with Crippen LogP contribution in [0.4, 0.5) is 4.79 Å². The van der Waals surface area contributed by atoms with Crippen LogP contribution >= 0.6 is 11.8 Å².